The number of benzene rings is 2. The Morgan fingerprint density at radius 2 is 1.26 bits per heavy atom. The van der Waals surface area contributed by atoms with Gasteiger partial charge >= 0.3 is 16.3 Å². The largest absolute Gasteiger partial charge is 0.417 e. The minimum atomic E-state index is -4.20. The molecule has 0 radical (unpaired) electrons. The summed E-state index contributed by atoms with van der Waals surface area (Å²) in [5, 5.41) is 0. The van der Waals surface area contributed by atoms with E-state index in [9.17, 15) is 8.42 Å². The second-order valence-corrected chi connectivity index (χ2v) is 5.78. The molecule has 0 bridgehead atoms. The fourth-order valence-corrected chi connectivity index (χ4v) is 3.05. The summed E-state index contributed by atoms with van der Waals surface area (Å²) in [6.07, 6.45) is 2.32. The summed E-state index contributed by atoms with van der Waals surface area (Å²) < 4.78 is 31.5. The van der Waals surface area contributed by atoms with Crippen LogP contribution in [0.3, 0.4) is 0 Å². The molecule has 0 amide bonds. The van der Waals surface area contributed by atoms with Crippen LogP contribution in [0.25, 0.3) is 0 Å². The SMILES string of the molecule is O=S(=O)(Oc1ncncn1)N(c1ccccc1)c1ccccc1. The van der Waals surface area contributed by atoms with Gasteiger partial charge < -0.3 is 4.18 Å². The van der Waals surface area contributed by atoms with Gasteiger partial charge in [-0.25, -0.2) is 9.29 Å². The lowest BCUT2D eigenvalue weighted by atomic mass is 10.3. The minimum Gasteiger partial charge on any atom is -0.327 e. The number of anilines is 2. The summed E-state index contributed by atoms with van der Waals surface area (Å²) >= 11 is 0. The monoisotopic (exact) mass is 328 g/mol. The molecule has 8 heteroatoms. The van der Waals surface area contributed by atoms with Crippen molar-refractivity contribution in [3.8, 4) is 6.01 Å². The molecule has 0 unspecified atom stereocenters. The smallest absolute Gasteiger partial charge is 0.327 e. The highest BCUT2D eigenvalue weighted by molar-refractivity contribution is 7.88. The van der Waals surface area contributed by atoms with Crippen LogP contribution in [0, 0.1) is 0 Å². The van der Waals surface area contributed by atoms with Gasteiger partial charge in [0.15, 0.2) is 0 Å². The highest BCUT2D eigenvalue weighted by Crippen LogP contribution is 2.29. The van der Waals surface area contributed by atoms with Gasteiger partial charge in [-0.05, 0) is 24.3 Å². The van der Waals surface area contributed by atoms with Gasteiger partial charge in [0.25, 0.3) is 0 Å². The van der Waals surface area contributed by atoms with Crippen LogP contribution in [0.2, 0.25) is 0 Å². The predicted octanol–water partition coefficient (Wildman–Crippen LogP) is 2.33. The van der Waals surface area contributed by atoms with E-state index in [4.69, 9.17) is 4.18 Å². The van der Waals surface area contributed by atoms with Crippen molar-refractivity contribution >= 4 is 21.7 Å². The Kier molecular flexibility index (Phi) is 4.15. The Hall–Kier alpha value is -3.00. The molecule has 0 atom stereocenters. The average Bonchev–Trinajstić information content (AvgIpc) is 2.57. The van der Waals surface area contributed by atoms with E-state index in [1.165, 1.54) is 0 Å². The Morgan fingerprint density at radius 3 is 1.74 bits per heavy atom. The first-order chi connectivity index (χ1) is 11.2. The van der Waals surface area contributed by atoms with Gasteiger partial charge in [0.2, 0.25) is 0 Å². The second-order valence-electron chi connectivity index (χ2n) is 4.40. The van der Waals surface area contributed by atoms with E-state index in [2.05, 4.69) is 15.0 Å². The molecule has 0 spiro atoms. The van der Waals surface area contributed by atoms with Crippen LogP contribution in [0.4, 0.5) is 11.4 Å². The van der Waals surface area contributed by atoms with Crippen LogP contribution in [0.1, 0.15) is 0 Å². The number of aromatic nitrogens is 3. The zero-order valence-electron chi connectivity index (χ0n) is 11.9. The normalized spacial score (nSPS) is 11.0. The number of hydrogen-bond donors (Lipinski definition) is 0. The topological polar surface area (TPSA) is 85.3 Å². The zero-order valence-corrected chi connectivity index (χ0v) is 12.7. The summed E-state index contributed by atoms with van der Waals surface area (Å²) in [6, 6.07) is 16.9. The summed E-state index contributed by atoms with van der Waals surface area (Å²) in [6.45, 7) is 0. The van der Waals surface area contributed by atoms with Crippen LogP contribution in [0.15, 0.2) is 73.3 Å². The van der Waals surface area contributed by atoms with Crippen molar-refractivity contribution in [1.29, 1.82) is 0 Å². The van der Waals surface area contributed by atoms with Crippen LogP contribution in [0.5, 0.6) is 6.01 Å². The van der Waals surface area contributed by atoms with Crippen molar-refractivity contribution in [2.24, 2.45) is 0 Å². The maximum absolute atomic E-state index is 12.7. The third kappa shape index (κ3) is 3.43. The molecule has 116 valence electrons. The Balaban J connectivity index is 2.05. The van der Waals surface area contributed by atoms with E-state index >= 15 is 0 Å². The maximum atomic E-state index is 12.7. The molecule has 0 aliphatic rings. The van der Waals surface area contributed by atoms with Gasteiger partial charge in [0.05, 0.1) is 11.4 Å². The molecule has 23 heavy (non-hydrogen) atoms. The predicted molar refractivity (Wildman–Crippen MR) is 84.4 cm³/mol. The molecule has 0 saturated heterocycles. The lowest BCUT2D eigenvalue weighted by Gasteiger charge is -2.22. The van der Waals surface area contributed by atoms with E-state index in [1.807, 2.05) is 0 Å². The molecule has 0 aliphatic carbocycles. The van der Waals surface area contributed by atoms with Gasteiger partial charge in [-0.2, -0.15) is 18.4 Å². The van der Waals surface area contributed by atoms with Gasteiger partial charge in [-0.15, -0.1) is 0 Å². The first-order valence-electron chi connectivity index (χ1n) is 6.64. The Morgan fingerprint density at radius 1 is 0.783 bits per heavy atom. The van der Waals surface area contributed by atoms with Crippen LogP contribution in [-0.4, -0.2) is 23.4 Å². The number of hydrogen-bond acceptors (Lipinski definition) is 6. The molecule has 3 rings (SSSR count). The van der Waals surface area contributed by atoms with Gasteiger partial charge in [-0.3, -0.25) is 0 Å². The minimum absolute atomic E-state index is 0.295. The fraction of sp³-hybridized carbons (Fsp3) is 0. The lowest BCUT2D eigenvalue weighted by Crippen LogP contribution is -2.31. The third-order valence-corrected chi connectivity index (χ3v) is 4.08. The molecule has 0 N–H and O–H groups in total. The van der Waals surface area contributed by atoms with Crippen molar-refractivity contribution in [2.75, 3.05) is 4.31 Å². The fourth-order valence-electron chi connectivity index (χ4n) is 1.94. The van der Waals surface area contributed by atoms with Crippen molar-refractivity contribution in [3.05, 3.63) is 73.3 Å². The van der Waals surface area contributed by atoms with Crippen molar-refractivity contribution in [3.63, 3.8) is 0 Å². The summed E-state index contributed by atoms with van der Waals surface area (Å²) in [5.41, 5.74) is 0.875. The zero-order chi connectivity index (χ0) is 16.1. The average molecular weight is 328 g/mol. The quantitative estimate of drug-likeness (QED) is 0.714. The molecule has 2 aromatic carbocycles. The highest BCUT2D eigenvalue weighted by atomic mass is 32.2. The van der Waals surface area contributed by atoms with Crippen LogP contribution >= 0.6 is 0 Å². The van der Waals surface area contributed by atoms with Crippen LogP contribution in [-0.2, 0) is 10.3 Å². The number of nitrogens with zero attached hydrogens (tertiary/aromatic N) is 4. The van der Waals surface area contributed by atoms with Crippen molar-refractivity contribution in [1.82, 2.24) is 15.0 Å². The van der Waals surface area contributed by atoms with Crippen molar-refractivity contribution in [2.45, 2.75) is 0 Å². The molecular formula is C15H12N4O3S. The molecular weight excluding hydrogens is 316 g/mol. The van der Waals surface area contributed by atoms with Gasteiger partial charge in [0.1, 0.15) is 12.7 Å². The standard InChI is InChI=1S/C15H12N4O3S/c20-23(21,22-15-17-11-16-12-18-15)19(13-7-3-1-4-8-13)14-9-5-2-6-10-14/h1-12H. The molecule has 1 aromatic heterocycles. The molecule has 1 heterocycles. The van der Waals surface area contributed by atoms with E-state index in [0.717, 1.165) is 17.0 Å². The molecule has 0 fully saturated rings. The molecule has 7 nitrogen and oxygen atoms in total. The number of rotatable bonds is 5. The Bertz CT molecular complexity index is 819. The third-order valence-electron chi connectivity index (χ3n) is 2.85. The Labute approximate surface area is 133 Å². The van der Waals surface area contributed by atoms with E-state index in [-0.39, 0.29) is 6.01 Å². The van der Waals surface area contributed by atoms with Gasteiger partial charge in [-0.1, -0.05) is 36.4 Å². The summed E-state index contributed by atoms with van der Waals surface area (Å²) in [7, 11) is -4.20. The second kappa shape index (κ2) is 6.41. The maximum Gasteiger partial charge on any atom is 0.417 e. The number of para-hydroxylation sites is 2. The first-order valence-corrected chi connectivity index (χ1v) is 8.00. The lowest BCUT2D eigenvalue weighted by molar-refractivity contribution is 0.462. The van der Waals surface area contributed by atoms with Gasteiger partial charge in [0, 0.05) is 0 Å². The van der Waals surface area contributed by atoms with E-state index in [0.29, 0.717) is 11.4 Å². The van der Waals surface area contributed by atoms with Crippen molar-refractivity contribution < 1.29 is 12.6 Å². The van der Waals surface area contributed by atoms with Crippen LogP contribution < -0.4 is 8.49 Å². The highest BCUT2D eigenvalue weighted by Gasteiger charge is 2.27. The molecule has 0 aliphatic heterocycles. The molecule has 0 saturated carbocycles. The summed E-state index contributed by atoms with van der Waals surface area (Å²) in [5.74, 6) is 0. The first kappa shape index (κ1) is 14.9. The van der Waals surface area contributed by atoms with E-state index < -0.39 is 10.3 Å². The van der Waals surface area contributed by atoms with E-state index in [1.54, 1.807) is 60.7 Å². The molecule has 3 aromatic rings. The summed E-state index contributed by atoms with van der Waals surface area (Å²) in [4.78, 5) is 11.0.